The Morgan fingerprint density at radius 1 is 1.00 bits per heavy atom. The molecule has 0 saturated heterocycles. The minimum Gasteiger partial charge on any atom is -0.427 e. The summed E-state index contributed by atoms with van der Waals surface area (Å²) >= 11 is 4.44. The van der Waals surface area contributed by atoms with Gasteiger partial charge in [0, 0.05) is 12.7 Å². The van der Waals surface area contributed by atoms with E-state index in [9.17, 15) is 9.59 Å². The van der Waals surface area contributed by atoms with Gasteiger partial charge in [0.25, 0.3) is 5.91 Å². The Labute approximate surface area is 199 Å². The Bertz CT molecular complexity index is 1100. The first-order chi connectivity index (χ1) is 15.4. The van der Waals surface area contributed by atoms with Crippen molar-refractivity contribution >= 4 is 52.4 Å². The van der Waals surface area contributed by atoms with Gasteiger partial charge in [-0.05, 0) is 49.2 Å². The molecule has 0 radical (unpaired) electrons. The Balaban J connectivity index is 1.43. The summed E-state index contributed by atoms with van der Waals surface area (Å²) in [7, 11) is 0. The molecule has 7 nitrogen and oxygen atoms in total. The van der Waals surface area contributed by atoms with Gasteiger partial charge in [0.1, 0.15) is 5.75 Å². The molecule has 166 valence electrons. The van der Waals surface area contributed by atoms with Crippen LogP contribution in [0.1, 0.15) is 30.5 Å². The number of hydrogen-bond acceptors (Lipinski definition) is 9. The molecule has 0 spiro atoms. The van der Waals surface area contributed by atoms with Gasteiger partial charge in [0.2, 0.25) is 0 Å². The van der Waals surface area contributed by atoms with Crippen molar-refractivity contribution < 1.29 is 14.3 Å². The Morgan fingerprint density at radius 3 is 2.31 bits per heavy atom. The van der Waals surface area contributed by atoms with Crippen molar-refractivity contribution in [3.05, 3.63) is 65.2 Å². The minimum absolute atomic E-state index is 0.194. The SMILES string of the molecule is CC(=O)Oc1ccc(/C(C)=N/NC(=O)CSc2nnc(SCc3ccc(C)cc3)s2)cc1. The van der Waals surface area contributed by atoms with E-state index in [1.807, 2.05) is 0 Å². The van der Waals surface area contributed by atoms with E-state index in [2.05, 4.69) is 51.9 Å². The number of nitrogens with one attached hydrogen (secondary N) is 1. The van der Waals surface area contributed by atoms with E-state index in [1.54, 1.807) is 43.0 Å². The Morgan fingerprint density at radius 2 is 1.66 bits per heavy atom. The number of hydrazone groups is 1. The van der Waals surface area contributed by atoms with Gasteiger partial charge >= 0.3 is 5.97 Å². The fraction of sp³-hybridized carbons (Fsp3) is 0.227. The number of aryl methyl sites for hydroxylation is 1. The summed E-state index contributed by atoms with van der Waals surface area (Å²) in [6.45, 7) is 5.20. The average molecular weight is 487 g/mol. The fourth-order valence-electron chi connectivity index (χ4n) is 2.44. The van der Waals surface area contributed by atoms with Crippen LogP contribution in [0.2, 0.25) is 0 Å². The number of ether oxygens (including phenoxy) is 1. The number of amides is 1. The molecule has 10 heteroatoms. The van der Waals surface area contributed by atoms with E-state index in [0.717, 1.165) is 20.0 Å². The lowest BCUT2D eigenvalue weighted by molar-refractivity contribution is -0.131. The molecule has 1 heterocycles. The summed E-state index contributed by atoms with van der Waals surface area (Å²) in [5.74, 6) is 0.883. The number of esters is 1. The van der Waals surface area contributed by atoms with Gasteiger partial charge in [-0.1, -0.05) is 64.7 Å². The van der Waals surface area contributed by atoms with Crippen LogP contribution in [0.5, 0.6) is 5.75 Å². The normalized spacial score (nSPS) is 11.3. The van der Waals surface area contributed by atoms with E-state index < -0.39 is 0 Å². The molecular formula is C22H22N4O3S3. The minimum atomic E-state index is -0.375. The standard InChI is InChI=1S/C22H22N4O3S3/c1-14-4-6-17(7-5-14)12-30-21-25-26-22(32-21)31-13-20(28)24-23-15(2)18-8-10-19(11-9-18)29-16(3)27/h4-11H,12-13H2,1-3H3,(H,24,28)/b23-15+. The van der Waals surface area contributed by atoms with Gasteiger partial charge in [-0.3, -0.25) is 9.59 Å². The maximum absolute atomic E-state index is 12.1. The quantitative estimate of drug-likeness (QED) is 0.154. The number of aromatic nitrogens is 2. The summed E-state index contributed by atoms with van der Waals surface area (Å²) in [4.78, 5) is 23.1. The number of rotatable bonds is 9. The first-order valence-corrected chi connectivity index (χ1v) is 12.4. The number of nitrogens with zero attached hydrogens (tertiary/aromatic N) is 3. The molecule has 1 aromatic heterocycles. The summed E-state index contributed by atoms with van der Waals surface area (Å²) in [6.07, 6.45) is 0. The number of benzene rings is 2. The van der Waals surface area contributed by atoms with Crippen LogP contribution < -0.4 is 10.2 Å². The average Bonchev–Trinajstić information content (AvgIpc) is 3.23. The highest BCUT2D eigenvalue weighted by atomic mass is 32.2. The van der Waals surface area contributed by atoms with E-state index in [0.29, 0.717) is 11.5 Å². The maximum atomic E-state index is 12.1. The molecule has 0 fully saturated rings. The van der Waals surface area contributed by atoms with E-state index in [-0.39, 0.29) is 17.6 Å². The zero-order chi connectivity index (χ0) is 22.9. The zero-order valence-corrected chi connectivity index (χ0v) is 20.3. The summed E-state index contributed by atoms with van der Waals surface area (Å²) in [6, 6.07) is 15.3. The monoisotopic (exact) mass is 486 g/mol. The van der Waals surface area contributed by atoms with Crippen molar-refractivity contribution in [2.45, 2.75) is 35.2 Å². The maximum Gasteiger partial charge on any atom is 0.308 e. The van der Waals surface area contributed by atoms with Gasteiger partial charge in [-0.15, -0.1) is 10.2 Å². The van der Waals surface area contributed by atoms with Crippen molar-refractivity contribution in [2.24, 2.45) is 5.10 Å². The molecular weight excluding hydrogens is 464 g/mol. The third-order valence-corrected chi connectivity index (χ3v) is 7.34. The third kappa shape index (κ3) is 7.77. The molecule has 0 saturated carbocycles. The van der Waals surface area contributed by atoms with Crippen LogP contribution in [0.25, 0.3) is 0 Å². The van der Waals surface area contributed by atoms with Crippen LogP contribution in [0.15, 0.2) is 62.3 Å². The van der Waals surface area contributed by atoms with Crippen LogP contribution >= 0.6 is 34.9 Å². The highest BCUT2D eigenvalue weighted by Gasteiger charge is 2.09. The topological polar surface area (TPSA) is 93.5 Å². The second kappa shape index (κ2) is 11.8. The van der Waals surface area contributed by atoms with E-state index >= 15 is 0 Å². The predicted molar refractivity (Wildman–Crippen MR) is 129 cm³/mol. The van der Waals surface area contributed by atoms with Crippen molar-refractivity contribution in [2.75, 3.05) is 5.75 Å². The van der Waals surface area contributed by atoms with Crippen LogP contribution in [0.3, 0.4) is 0 Å². The fourth-order valence-corrected chi connectivity index (χ4v) is 5.21. The summed E-state index contributed by atoms with van der Waals surface area (Å²) < 4.78 is 6.62. The van der Waals surface area contributed by atoms with Gasteiger partial charge in [0.15, 0.2) is 8.68 Å². The number of thioether (sulfide) groups is 2. The van der Waals surface area contributed by atoms with Gasteiger partial charge in [-0.25, -0.2) is 5.43 Å². The van der Waals surface area contributed by atoms with E-state index in [1.165, 1.54) is 41.1 Å². The van der Waals surface area contributed by atoms with Gasteiger partial charge in [-0.2, -0.15) is 5.10 Å². The molecule has 0 atom stereocenters. The second-order valence-electron chi connectivity index (χ2n) is 6.75. The van der Waals surface area contributed by atoms with Gasteiger partial charge in [0.05, 0.1) is 11.5 Å². The first-order valence-electron chi connectivity index (χ1n) is 9.65. The molecule has 0 bridgehead atoms. The molecule has 1 N–H and O–H groups in total. The lowest BCUT2D eigenvalue weighted by Crippen LogP contribution is -2.21. The third-order valence-electron chi connectivity index (χ3n) is 4.08. The second-order valence-corrected chi connectivity index (χ2v) is 10.2. The van der Waals surface area contributed by atoms with Crippen molar-refractivity contribution in [1.29, 1.82) is 0 Å². The Hall–Kier alpha value is -2.69. The van der Waals surface area contributed by atoms with Crippen LogP contribution in [-0.2, 0) is 15.3 Å². The smallest absolute Gasteiger partial charge is 0.308 e. The zero-order valence-electron chi connectivity index (χ0n) is 17.8. The molecule has 3 rings (SSSR count). The molecule has 1 amide bonds. The summed E-state index contributed by atoms with van der Waals surface area (Å²) in [5.41, 5.74) is 6.48. The molecule has 0 aliphatic heterocycles. The highest BCUT2D eigenvalue weighted by Crippen LogP contribution is 2.30. The van der Waals surface area contributed by atoms with Crippen molar-refractivity contribution in [3.8, 4) is 5.75 Å². The van der Waals surface area contributed by atoms with Crippen LogP contribution in [-0.4, -0.2) is 33.5 Å². The van der Waals surface area contributed by atoms with E-state index in [4.69, 9.17) is 4.74 Å². The molecule has 2 aromatic carbocycles. The Kier molecular flexibility index (Phi) is 8.83. The number of carbonyl (C=O) groups excluding carboxylic acids is 2. The molecule has 0 aliphatic carbocycles. The lowest BCUT2D eigenvalue weighted by atomic mass is 10.1. The predicted octanol–water partition coefficient (Wildman–Crippen LogP) is 4.70. The van der Waals surface area contributed by atoms with Crippen molar-refractivity contribution in [3.63, 3.8) is 0 Å². The molecule has 0 aliphatic rings. The van der Waals surface area contributed by atoms with Crippen LogP contribution in [0.4, 0.5) is 0 Å². The largest absolute Gasteiger partial charge is 0.427 e. The van der Waals surface area contributed by atoms with Crippen LogP contribution in [0, 0.1) is 6.92 Å². The van der Waals surface area contributed by atoms with Gasteiger partial charge < -0.3 is 4.74 Å². The summed E-state index contributed by atoms with van der Waals surface area (Å²) in [5, 5.41) is 12.5. The molecule has 32 heavy (non-hydrogen) atoms. The van der Waals surface area contributed by atoms with Crippen molar-refractivity contribution in [1.82, 2.24) is 15.6 Å². The molecule has 3 aromatic rings. The highest BCUT2D eigenvalue weighted by molar-refractivity contribution is 8.03. The number of carbonyl (C=O) groups is 2. The first kappa shape index (κ1) is 24.0. The number of hydrogen-bond donors (Lipinski definition) is 1. The molecule has 0 unspecified atom stereocenters. The lowest BCUT2D eigenvalue weighted by Gasteiger charge is -2.04.